The lowest BCUT2D eigenvalue weighted by molar-refractivity contribution is -0.133. The number of carbonyl (C=O) groups excluding carboxylic acids is 12. The van der Waals surface area contributed by atoms with Crippen LogP contribution < -0.4 is 37.2 Å². The minimum atomic E-state index is -0.399. The van der Waals surface area contributed by atoms with E-state index in [1.54, 1.807) is 0 Å². The molecule has 0 aromatic rings. The highest BCUT2D eigenvalue weighted by Gasteiger charge is 2.26. The van der Waals surface area contributed by atoms with Gasteiger partial charge in [0.25, 0.3) is 0 Å². The van der Waals surface area contributed by atoms with E-state index in [4.69, 9.17) is 52.1 Å². The smallest absolute Gasteiger partial charge is 0.246 e. The molecular formula is C93H181N7O23. The molecular weight excluding hydrogens is 1580 g/mol. The molecule has 30 nitrogen and oxygen atoms in total. The van der Waals surface area contributed by atoms with Gasteiger partial charge in [-0.2, -0.15) is 0 Å². The van der Waals surface area contributed by atoms with E-state index in [0.29, 0.717) is 170 Å². The SMILES string of the molecule is CC(C)(C)CC(=O)CCC(=O)NC(C)(C)C.CC(C)(C)CC(=O)COCCOCCNC(=O)C(C)(C)C.CC(C)(C)CC(=O)COCCOCCOCCCC(=O)C(C)(C)C.CC(C)(C)CC(=O)COCCOCCOCCOCCNC(=O)C(C)(C)C.CC(C)(C)NC(=O)COCC(=O)NC(C)(C)C.CC(C)(C)NC(=O)COCCNC(=O)C(C)(C)C. The van der Waals surface area contributed by atoms with Crippen LogP contribution in [0.25, 0.3) is 0 Å². The highest BCUT2D eigenvalue weighted by atomic mass is 16.6. The number of nitrogens with one attached hydrogen (secondary N) is 7. The second-order valence-electron chi connectivity index (χ2n) is 43.5. The van der Waals surface area contributed by atoms with Gasteiger partial charge >= 0.3 is 0 Å². The number of hydrogen-bond donors (Lipinski definition) is 7. The molecule has 0 aliphatic heterocycles. The first kappa shape index (κ1) is 128. The van der Waals surface area contributed by atoms with Crippen LogP contribution in [-0.4, -0.2) is 257 Å². The third-order valence-corrected chi connectivity index (χ3v) is 14.5. The van der Waals surface area contributed by atoms with Crippen molar-refractivity contribution >= 4 is 70.3 Å². The Hall–Kier alpha value is -5.80. The summed E-state index contributed by atoms with van der Waals surface area (Å²) in [5.41, 5.74) is -2.44. The van der Waals surface area contributed by atoms with E-state index < -0.39 is 5.41 Å². The van der Waals surface area contributed by atoms with Crippen molar-refractivity contribution in [3.63, 3.8) is 0 Å². The Kier molecular flexibility index (Phi) is 68.4. The van der Waals surface area contributed by atoms with Crippen LogP contribution in [0.15, 0.2) is 0 Å². The van der Waals surface area contributed by atoms with Crippen molar-refractivity contribution in [2.75, 3.05) is 165 Å². The Morgan fingerprint density at radius 2 is 0.415 bits per heavy atom. The van der Waals surface area contributed by atoms with Gasteiger partial charge < -0.3 is 89.3 Å². The molecule has 7 N–H and O–H groups in total. The molecule has 0 aromatic carbocycles. The summed E-state index contributed by atoms with van der Waals surface area (Å²) < 4.78 is 58.3. The van der Waals surface area contributed by atoms with Crippen molar-refractivity contribution in [2.45, 2.75) is 323 Å². The van der Waals surface area contributed by atoms with Crippen LogP contribution in [0.3, 0.4) is 0 Å². The fraction of sp³-hybridized carbons (Fsp3) is 0.871. The molecule has 0 spiro atoms. The molecule has 7 amide bonds. The predicted molar refractivity (Wildman–Crippen MR) is 487 cm³/mol. The Morgan fingerprint density at radius 1 is 0.203 bits per heavy atom. The van der Waals surface area contributed by atoms with Crippen LogP contribution in [0.5, 0.6) is 0 Å². The third-order valence-electron chi connectivity index (χ3n) is 14.5. The lowest BCUT2D eigenvalue weighted by Gasteiger charge is -2.21. The van der Waals surface area contributed by atoms with E-state index in [0.717, 1.165) is 6.42 Å². The second kappa shape index (κ2) is 65.7. The molecule has 726 valence electrons. The molecule has 30 heteroatoms. The highest BCUT2D eigenvalue weighted by Crippen LogP contribution is 2.23. The molecule has 0 aliphatic carbocycles. The molecule has 0 heterocycles. The van der Waals surface area contributed by atoms with Gasteiger partial charge in [0, 0.05) is 115 Å². The standard InChI is InChI=1S/C20H39NO6.C19H36O5.C16H31NO4.C13H26N2O3.C13H25NO2.C12H24N2O3/c1-19(2,3)15-17(22)16-27-14-13-26-12-11-25-10-9-24-8-7-21-18(23)20(4,5)6;1-18(2,3)14-16(20)15-24-13-12-23-11-10-22-9-7-8-17(21)19(4,5)6;1-15(2,3)11-13(18)12-21-10-9-20-8-7-17-14(19)16(4,5)6;1-12(2,3)11(17)14-7-8-18-9-10(16)15-13(4,5)6;1-12(2,3)9-10(15)7-8-11(16)14-13(4,5)6;1-11(2,3)13-9(15)7-17-8-10(16)14-12(4,5)6/h7-16H2,1-6H3,(H,21,23);7-15H2,1-6H3;7-12H2,1-6H3,(H,17,19);7-9H2,1-6H3,(H,14,17)(H,15,16);7-9H2,1-6H3,(H,14,16);7-8H2,1-6H3,(H,13,15)(H,14,16). The Balaban J connectivity index is -0.000000337. The number of ether oxygens (including phenoxy) is 11. The number of Topliss-reactive ketones (excluding diaryl/α,β-unsaturated/α-hetero) is 5. The van der Waals surface area contributed by atoms with Crippen molar-refractivity contribution in [1.29, 1.82) is 0 Å². The van der Waals surface area contributed by atoms with Crippen LogP contribution in [0, 0.1) is 43.3 Å². The van der Waals surface area contributed by atoms with Gasteiger partial charge in [-0.05, 0) is 111 Å². The normalized spacial score (nSPS) is 12.3. The Morgan fingerprint density at radius 3 is 0.659 bits per heavy atom. The maximum absolute atomic E-state index is 11.7. The van der Waals surface area contributed by atoms with E-state index in [9.17, 15) is 57.5 Å². The maximum atomic E-state index is 11.7. The van der Waals surface area contributed by atoms with E-state index in [1.165, 1.54) is 0 Å². The van der Waals surface area contributed by atoms with E-state index in [1.807, 2.05) is 249 Å². The van der Waals surface area contributed by atoms with Crippen molar-refractivity contribution in [2.24, 2.45) is 43.3 Å². The molecule has 0 bridgehead atoms. The zero-order valence-corrected chi connectivity index (χ0v) is 84.2. The van der Waals surface area contributed by atoms with Crippen molar-refractivity contribution in [3.8, 4) is 0 Å². The molecule has 0 radical (unpaired) electrons. The first-order chi connectivity index (χ1) is 55.6. The molecule has 0 rings (SSSR count). The lowest BCUT2D eigenvalue weighted by Crippen LogP contribution is -2.44. The number of hydrogen-bond acceptors (Lipinski definition) is 23. The van der Waals surface area contributed by atoms with E-state index in [2.05, 4.69) is 37.2 Å². The first-order valence-corrected chi connectivity index (χ1v) is 43.6. The van der Waals surface area contributed by atoms with Gasteiger partial charge in [-0.25, -0.2) is 0 Å². The third kappa shape index (κ3) is 107. The number of amides is 7. The Bertz CT molecular complexity index is 2870. The molecule has 123 heavy (non-hydrogen) atoms. The molecule has 0 unspecified atom stereocenters. The van der Waals surface area contributed by atoms with Gasteiger partial charge in [0.2, 0.25) is 41.4 Å². The summed E-state index contributed by atoms with van der Waals surface area (Å²) in [7, 11) is 0. The van der Waals surface area contributed by atoms with Gasteiger partial charge in [-0.15, -0.1) is 0 Å². The molecule has 0 fully saturated rings. The summed E-state index contributed by atoms with van der Waals surface area (Å²) in [6.07, 6.45) is 4.05. The number of rotatable bonds is 50. The quantitative estimate of drug-likeness (QED) is 0.0278. The van der Waals surface area contributed by atoms with Crippen LogP contribution in [0.4, 0.5) is 0 Å². The average Bonchev–Trinajstić information content (AvgIpc) is 0.926. The zero-order chi connectivity index (χ0) is 97.0. The van der Waals surface area contributed by atoms with Gasteiger partial charge in [-0.1, -0.05) is 166 Å². The second-order valence-corrected chi connectivity index (χ2v) is 43.5. The molecule has 0 atom stereocenters. The first-order valence-electron chi connectivity index (χ1n) is 43.6. The largest absolute Gasteiger partial charge is 0.379 e. The van der Waals surface area contributed by atoms with Gasteiger partial charge in [0.1, 0.15) is 51.2 Å². The van der Waals surface area contributed by atoms with Crippen LogP contribution in [0.1, 0.15) is 301 Å². The topological polar surface area (TPSA) is 391 Å². The van der Waals surface area contributed by atoms with Crippen molar-refractivity contribution in [1.82, 2.24) is 37.2 Å². The molecule has 0 saturated carbocycles. The summed E-state index contributed by atoms with van der Waals surface area (Å²) in [5.74, 6) is 0.139. The fourth-order valence-electron chi connectivity index (χ4n) is 9.20. The summed E-state index contributed by atoms with van der Waals surface area (Å²) in [6.45, 7) is 78.7. The monoisotopic (exact) mass is 1760 g/mol. The highest BCUT2D eigenvalue weighted by molar-refractivity contribution is 5.86. The lowest BCUT2D eigenvalue weighted by atomic mass is 9.88. The molecule has 0 aromatic heterocycles. The fourth-order valence-corrected chi connectivity index (χ4v) is 9.20. The molecule has 0 aliphatic rings. The van der Waals surface area contributed by atoms with E-state index >= 15 is 0 Å². The summed E-state index contributed by atoms with van der Waals surface area (Å²) in [6, 6.07) is 0. The van der Waals surface area contributed by atoms with Gasteiger partial charge in [0.15, 0.2) is 17.3 Å². The van der Waals surface area contributed by atoms with Crippen LogP contribution >= 0.6 is 0 Å². The zero-order valence-electron chi connectivity index (χ0n) is 84.2. The summed E-state index contributed by atoms with van der Waals surface area (Å²) in [4.78, 5) is 138. The number of ketones is 5. The summed E-state index contributed by atoms with van der Waals surface area (Å²) in [5, 5.41) is 19.5. The van der Waals surface area contributed by atoms with E-state index in [-0.39, 0.29) is 170 Å². The Labute approximate surface area is 744 Å². The summed E-state index contributed by atoms with van der Waals surface area (Å²) >= 11 is 0. The van der Waals surface area contributed by atoms with Crippen LogP contribution in [0.2, 0.25) is 0 Å². The minimum Gasteiger partial charge on any atom is -0.379 e. The maximum Gasteiger partial charge on any atom is 0.246 e. The van der Waals surface area contributed by atoms with Crippen molar-refractivity contribution in [3.05, 3.63) is 0 Å². The van der Waals surface area contributed by atoms with Crippen LogP contribution in [-0.2, 0) is 110 Å². The van der Waals surface area contributed by atoms with Crippen molar-refractivity contribution < 1.29 is 110 Å². The van der Waals surface area contributed by atoms with Gasteiger partial charge in [-0.3, -0.25) is 57.5 Å². The predicted octanol–water partition coefficient (Wildman–Crippen LogP) is 12.4. The average molecular weight is 1770 g/mol. The number of carbonyl (C=O) groups is 12. The molecule has 0 saturated heterocycles. The van der Waals surface area contributed by atoms with Gasteiger partial charge in [0.05, 0.1) is 99.1 Å². The minimum absolute atomic E-state index is 0.00163.